The Morgan fingerprint density at radius 3 is 2.29 bits per heavy atom. The fourth-order valence-corrected chi connectivity index (χ4v) is 5.00. The van der Waals surface area contributed by atoms with Crippen molar-refractivity contribution in [1.82, 2.24) is 15.2 Å². The molecule has 1 aromatic heterocycles. The van der Waals surface area contributed by atoms with E-state index in [-0.39, 0.29) is 24.3 Å². The van der Waals surface area contributed by atoms with Gasteiger partial charge in [0.25, 0.3) is 0 Å². The van der Waals surface area contributed by atoms with Gasteiger partial charge in [0.15, 0.2) is 0 Å². The molecule has 1 saturated heterocycles. The van der Waals surface area contributed by atoms with Crippen molar-refractivity contribution in [2.45, 2.75) is 84.2 Å². The summed E-state index contributed by atoms with van der Waals surface area (Å²) in [7, 11) is 0. The molecule has 0 saturated carbocycles. The molecule has 0 radical (unpaired) electrons. The van der Waals surface area contributed by atoms with Gasteiger partial charge in [-0.15, -0.1) is 0 Å². The highest BCUT2D eigenvalue weighted by molar-refractivity contribution is 5.69. The highest BCUT2D eigenvalue weighted by Crippen LogP contribution is 2.39. The molecule has 2 heterocycles. The van der Waals surface area contributed by atoms with Gasteiger partial charge in [0.1, 0.15) is 23.8 Å². The summed E-state index contributed by atoms with van der Waals surface area (Å²) in [5, 5.41) is 15.2. The predicted molar refractivity (Wildman–Crippen MR) is 154 cm³/mol. The molecule has 0 spiro atoms. The zero-order valence-corrected chi connectivity index (χ0v) is 25.0. The Kier molecular flexibility index (Phi) is 10.2. The molecule has 1 aliphatic rings. The monoisotopic (exact) mass is 594 g/mol. The number of nitrogens with zero attached hydrogens (tertiary/aromatic N) is 2. The number of halogens is 3. The van der Waals surface area contributed by atoms with Crippen LogP contribution in [0.15, 0.2) is 36.5 Å². The molecular formula is C30H41F3N4O5. The van der Waals surface area contributed by atoms with E-state index in [2.05, 4.69) is 15.6 Å². The molecule has 232 valence electrons. The Bertz CT molecular complexity index is 1240. The van der Waals surface area contributed by atoms with Crippen molar-refractivity contribution in [3.8, 4) is 16.9 Å². The van der Waals surface area contributed by atoms with Crippen LogP contribution in [0.1, 0.15) is 66.4 Å². The van der Waals surface area contributed by atoms with Crippen molar-refractivity contribution in [3.05, 3.63) is 42.1 Å². The number of rotatable bonds is 9. The smallest absolute Gasteiger partial charge is 0.419 e. The van der Waals surface area contributed by atoms with Crippen molar-refractivity contribution in [2.24, 2.45) is 5.92 Å². The number of hydrogen-bond donors (Lipinski definition) is 3. The van der Waals surface area contributed by atoms with Crippen LogP contribution in [0.3, 0.4) is 0 Å². The number of aromatic nitrogens is 1. The van der Waals surface area contributed by atoms with Gasteiger partial charge in [0, 0.05) is 25.3 Å². The Morgan fingerprint density at radius 2 is 1.71 bits per heavy atom. The molecule has 1 atom stereocenters. The van der Waals surface area contributed by atoms with E-state index >= 15 is 0 Å². The van der Waals surface area contributed by atoms with Crippen LogP contribution < -0.4 is 15.4 Å². The molecular weight excluding hydrogens is 553 g/mol. The minimum Gasteiger partial charge on any atom is -0.491 e. The van der Waals surface area contributed by atoms with Crippen LogP contribution in [-0.2, 0) is 10.9 Å². The standard InChI is InChI=1S/C30H41F3N4O5/c1-19(2)17-29(6,36-26(38)42-28(3,4)5)18-41-24-8-7-20(15-23(24)30(31,32)33)21-9-12-34-25(16-21)35-22-10-13-37(14-11-22)27(39)40/h7-9,12,15-16,19,22H,10-11,13-14,17-18H2,1-6H3,(H,34,35)(H,36,38)(H,39,40)/t29-/m0/s1. The molecule has 0 aliphatic carbocycles. The van der Waals surface area contributed by atoms with Crippen molar-refractivity contribution in [1.29, 1.82) is 0 Å². The minimum atomic E-state index is -4.69. The molecule has 1 fully saturated rings. The second-order valence-electron chi connectivity index (χ2n) is 12.4. The summed E-state index contributed by atoms with van der Waals surface area (Å²) in [6.07, 6.45) is -3.15. The van der Waals surface area contributed by atoms with Gasteiger partial charge in [-0.1, -0.05) is 19.9 Å². The van der Waals surface area contributed by atoms with E-state index in [0.29, 0.717) is 49.3 Å². The maximum absolute atomic E-state index is 14.2. The molecule has 2 amide bonds. The van der Waals surface area contributed by atoms with Crippen LogP contribution in [0.25, 0.3) is 11.1 Å². The van der Waals surface area contributed by atoms with Gasteiger partial charge in [0.2, 0.25) is 0 Å². The number of carbonyl (C=O) groups excluding carboxylic acids is 1. The highest BCUT2D eigenvalue weighted by Gasteiger charge is 2.37. The number of nitrogens with one attached hydrogen (secondary N) is 2. The Morgan fingerprint density at radius 1 is 1.07 bits per heavy atom. The lowest BCUT2D eigenvalue weighted by Crippen LogP contribution is -2.52. The SMILES string of the molecule is CC(C)C[C@@](C)(COc1ccc(-c2ccnc(NC3CCN(C(=O)O)CC3)c2)cc1C(F)(F)F)NC(=O)OC(C)(C)C. The number of anilines is 1. The van der Waals surface area contributed by atoms with E-state index in [0.717, 1.165) is 6.07 Å². The molecule has 3 N–H and O–H groups in total. The second kappa shape index (κ2) is 13.1. The van der Waals surface area contributed by atoms with Crippen LogP contribution in [0.5, 0.6) is 5.75 Å². The highest BCUT2D eigenvalue weighted by atomic mass is 19.4. The maximum Gasteiger partial charge on any atom is 0.419 e. The van der Waals surface area contributed by atoms with Crippen molar-refractivity contribution >= 4 is 18.0 Å². The van der Waals surface area contributed by atoms with E-state index in [1.54, 1.807) is 45.9 Å². The Labute approximate surface area is 244 Å². The number of carboxylic acid groups (broad SMARTS) is 1. The van der Waals surface area contributed by atoms with Gasteiger partial charge in [0.05, 0.1) is 11.1 Å². The average Bonchev–Trinajstić information content (AvgIpc) is 2.85. The number of benzene rings is 1. The first kappa shape index (κ1) is 32.8. The van der Waals surface area contributed by atoms with Crippen molar-refractivity contribution in [2.75, 3.05) is 25.0 Å². The van der Waals surface area contributed by atoms with Crippen LogP contribution >= 0.6 is 0 Å². The molecule has 9 nitrogen and oxygen atoms in total. The number of amides is 2. The molecule has 12 heteroatoms. The summed E-state index contributed by atoms with van der Waals surface area (Å²) in [6.45, 7) is 11.4. The number of pyridine rings is 1. The Hall–Kier alpha value is -3.70. The topological polar surface area (TPSA) is 113 Å². The number of hydrogen-bond acceptors (Lipinski definition) is 6. The summed E-state index contributed by atoms with van der Waals surface area (Å²) in [6, 6.07) is 7.18. The first-order valence-electron chi connectivity index (χ1n) is 14.0. The van der Waals surface area contributed by atoms with Gasteiger partial charge in [-0.2, -0.15) is 13.2 Å². The molecule has 2 aromatic rings. The third kappa shape index (κ3) is 9.70. The molecule has 42 heavy (non-hydrogen) atoms. The largest absolute Gasteiger partial charge is 0.491 e. The fourth-order valence-electron chi connectivity index (χ4n) is 5.00. The van der Waals surface area contributed by atoms with E-state index in [4.69, 9.17) is 14.6 Å². The minimum absolute atomic E-state index is 0.000647. The van der Waals surface area contributed by atoms with Gasteiger partial charge in [-0.25, -0.2) is 14.6 Å². The number of carbonyl (C=O) groups is 2. The third-order valence-corrected chi connectivity index (χ3v) is 6.70. The van der Waals surface area contributed by atoms with Gasteiger partial charge in [-0.05, 0) is 88.3 Å². The van der Waals surface area contributed by atoms with Gasteiger partial charge >= 0.3 is 18.4 Å². The van der Waals surface area contributed by atoms with Crippen molar-refractivity contribution in [3.63, 3.8) is 0 Å². The lowest BCUT2D eigenvalue weighted by Gasteiger charge is -2.33. The third-order valence-electron chi connectivity index (χ3n) is 6.70. The zero-order valence-electron chi connectivity index (χ0n) is 25.0. The van der Waals surface area contributed by atoms with Crippen LogP contribution in [-0.4, -0.2) is 64.1 Å². The lowest BCUT2D eigenvalue weighted by atomic mass is 9.91. The number of alkyl carbamates (subject to hydrolysis) is 1. The number of likely N-dealkylation sites (tertiary alicyclic amines) is 1. The first-order valence-corrected chi connectivity index (χ1v) is 14.0. The Balaban J connectivity index is 1.79. The van der Waals surface area contributed by atoms with E-state index in [1.165, 1.54) is 17.2 Å². The number of piperidine rings is 1. The fraction of sp³-hybridized carbons (Fsp3) is 0.567. The van der Waals surface area contributed by atoms with E-state index < -0.39 is 35.1 Å². The lowest BCUT2D eigenvalue weighted by molar-refractivity contribution is -0.139. The molecule has 0 bridgehead atoms. The zero-order chi connectivity index (χ0) is 31.3. The van der Waals surface area contributed by atoms with Crippen LogP contribution in [0.2, 0.25) is 0 Å². The van der Waals surface area contributed by atoms with Crippen LogP contribution in [0, 0.1) is 5.92 Å². The maximum atomic E-state index is 14.2. The van der Waals surface area contributed by atoms with Crippen LogP contribution in [0.4, 0.5) is 28.6 Å². The molecule has 1 aliphatic heterocycles. The number of alkyl halides is 3. The summed E-state index contributed by atoms with van der Waals surface area (Å²) >= 11 is 0. The summed E-state index contributed by atoms with van der Waals surface area (Å²) in [5.41, 5.74) is -1.79. The number of ether oxygens (including phenoxy) is 2. The second-order valence-corrected chi connectivity index (χ2v) is 12.4. The van der Waals surface area contributed by atoms with E-state index in [1.807, 2.05) is 13.8 Å². The quantitative estimate of drug-likeness (QED) is 0.286. The summed E-state index contributed by atoms with van der Waals surface area (Å²) < 4.78 is 53.7. The predicted octanol–water partition coefficient (Wildman–Crippen LogP) is 7.03. The van der Waals surface area contributed by atoms with E-state index in [9.17, 15) is 22.8 Å². The summed E-state index contributed by atoms with van der Waals surface area (Å²) in [5.74, 6) is 0.273. The average molecular weight is 595 g/mol. The first-order chi connectivity index (χ1) is 19.4. The molecule has 3 rings (SSSR count). The van der Waals surface area contributed by atoms with Gasteiger partial charge in [-0.3, -0.25) is 0 Å². The van der Waals surface area contributed by atoms with Gasteiger partial charge < -0.3 is 30.1 Å². The molecule has 1 aromatic carbocycles. The van der Waals surface area contributed by atoms with Crippen molar-refractivity contribution < 1.29 is 37.3 Å². The normalized spacial score (nSPS) is 16.1. The molecule has 0 unspecified atom stereocenters. The summed E-state index contributed by atoms with van der Waals surface area (Å²) in [4.78, 5) is 29.3.